The van der Waals surface area contributed by atoms with Gasteiger partial charge in [0.1, 0.15) is 0 Å². The third kappa shape index (κ3) is 2.97. The van der Waals surface area contributed by atoms with E-state index in [0.29, 0.717) is 11.1 Å². The molecule has 85 valence electrons. The van der Waals surface area contributed by atoms with Gasteiger partial charge in [-0.25, -0.2) is 0 Å². The third-order valence-corrected chi connectivity index (χ3v) is 2.65. The Labute approximate surface area is 107 Å². The molecule has 0 aliphatic rings. The van der Waals surface area contributed by atoms with Gasteiger partial charge in [-0.05, 0) is 48.2 Å². The summed E-state index contributed by atoms with van der Waals surface area (Å²) >= 11 is 0. The van der Waals surface area contributed by atoms with Gasteiger partial charge in [-0.3, -0.25) is 0 Å². The minimum Gasteiger partial charge on any atom is -0.192 e. The molecule has 0 aliphatic heterocycles. The lowest BCUT2D eigenvalue weighted by Crippen LogP contribution is -1.90. The molecule has 0 N–H and O–H groups in total. The molecule has 2 aromatic carbocycles. The summed E-state index contributed by atoms with van der Waals surface area (Å²) in [4.78, 5) is 0. The first-order chi connectivity index (χ1) is 8.81. The highest BCUT2D eigenvalue weighted by Gasteiger charge is 1.99. The molecule has 1 radical (unpaired) electrons. The summed E-state index contributed by atoms with van der Waals surface area (Å²) in [5, 5.41) is 17.6. The molecule has 2 aromatic rings. The van der Waals surface area contributed by atoms with Crippen molar-refractivity contribution in [3.8, 4) is 12.1 Å². The van der Waals surface area contributed by atoms with Gasteiger partial charge in [-0.1, -0.05) is 24.3 Å². The average molecular weight is 231 g/mol. The molecular formula is C16H11N2. The van der Waals surface area contributed by atoms with Crippen LogP contribution in [0.25, 0.3) is 0 Å². The number of rotatable bonds is 3. The Bertz CT molecular complexity index is 573. The number of hydrogen-bond acceptors (Lipinski definition) is 2. The molecular weight excluding hydrogens is 220 g/mol. The van der Waals surface area contributed by atoms with Crippen molar-refractivity contribution in [2.24, 2.45) is 0 Å². The van der Waals surface area contributed by atoms with Crippen molar-refractivity contribution in [2.45, 2.75) is 6.42 Å². The second-order valence-electron chi connectivity index (χ2n) is 3.96. The van der Waals surface area contributed by atoms with Crippen molar-refractivity contribution >= 4 is 0 Å². The first-order valence-corrected chi connectivity index (χ1v) is 5.64. The quantitative estimate of drug-likeness (QED) is 0.814. The summed E-state index contributed by atoms with van der Waals surface area (Å²) in [6, 6.07) is 19.3. The van der Waals surface area contributed by atoms with Gasteiger partial charge in [0, 0.05) is 0 Å². The highest BCUT2D eigenvalue weighted by molar-refractivity contribution is 5.38. The van der Waals surface area contributed by atoms with Crippen LogP contribution in [-0.2, 0) is 6.42 Å². The van der Waals surface area contributed by atoms with Crippen molar-refractivity contribution in [1.29, 1.82) is 10.5 Å². The van der Waals surface area contributed by atoms with Crippen LogP contribution in [0.1, 0.15) is 22.3 Å². The fourth-order valence-corrected chi connectivity index (χ4v) is 1.74. The van der Waals surface area contributed by atoms with Crippen LogP contribution in [0.5, 0.6) is 0 Å². The van der Waals surface area contributed by atoms with Crippen molar-refractivity contribution in [1.82, 2.24) is 0 Å². The normalized spacial score (nSPS) is 9.44. The fourth-order valence-electron chi connectivity index (χ4n) is 1.74. The lowest BCUT2D eigenvalue weighted by molar-refractivity contribution is 1.16. The Kier molecular flexibility index (Phi) is 3.74. The minimum absolute atomic E-state index is 0.662. The van der Waals surface area contributed by atoms with Gasteiger partial charge in [0.2, 0.25) is 0 Å². The Balaban J connectivity index is 2.07. The van der Waals surface area contributed by atoms with Crippen LogP contribution in [0.15, 0.2) is 48.5 Å². The van der Waals surface area contributed by atoms with Crippen molar-refractivity contribution < 1.29 is 0 Å². The molecule has 2 nitrogen and oxygen atoms in total. The van der Waals surface area contributed by atoms with E-state index in [-0.39, 0.29) is 0 Å². The van der Waals surface area contributed by atoms with Crippen LogP contribution in [0, 0.1) is 29.1 Å². The molecule has 0 heterocycles. The molecule has 18 heavy (non-hydrogen) atoms. The lowest BCUT2D eigenvalue weighted by Gasteiger charge is -2.02. The molecule has 0 amide bonds. The highest BCUT2D eigenvalue weighted by atomic mass is 14.2. The first-order valence-electron chi connectivity index (χ1n) is 5.64. The molecule has 0 saturated heterocycles. The van der Waals surface area contributed by atoms with Crippen LogP contribution in [0.4, 0.5) is 0 Å². The Morgan fingerprint density at radius 1 is 0.889 bits per heavy atom. The molecule has 2 rings (SSSR count). The summed E-state index contributed by atoms with van der Waals surface area (Å²) in [5.74, 6) is 0. The summed E-state index contributed by atoms with van der Waals surface area (Å²) in [6.07, 6.45) is 2.81. The van der Waals surface area contributed by atoms with Crippen LogP contribution in [0.3, 0.4) is 0 Å². The fraction of sp³-hybridized carbons (Fsp3) is 0.0625. The minimum atomic E-state index is 0.662. The number of nitriles is 2. The van der Waals surface area contributed by atoms with E-state index in [4.69, 9.17) is 10.5 Å². The second-order valence-corrected chi connectivity index (χ2v) is 3.96. The van der Waals surface area contributed by atoms with E-state index >= 15 is 0 Å². The van der Waals surface area contributed by atoms with Gasteiger partial charge in [0.15, 0.2) is 0 Å². The zero-order valence-corrected chi connectivity index (χ0v) is 9.80. The van der Waals surface area contributed by atoms with E-state index in [9.17, 15) is 0 Å². The van der Waals surface area contributed by atoms with Crippen LogP contribution >= 0.6 is 0 Å². The Hall–Kier alpha value is -2.58. The highest BCUT2D eigenvalue weighted by Crippen LogP contribution is 2.12. The number of hydrogen-bond donors (Lipinski definition) is 0. The van der Waals surface area contributed by atoms with Gasteiger partial charge in [-0.15, -0.1) is 0 Å². The molecule has 0 spiro atoms. The molecule has 0 fully saturated rings. The van der Waals surface area contributed by atoms with Gasteiger partial charge in [0.05, 0.1) is 23.3 Å². The second kappa shape index (κ2) is 5.66. The Morgan fingerprint density at radius 2 is 1.56 bits per heavy atom. The zero-order chi connectivity index (χ0) is 12.8. The molecule has 0 unspecified atom stereocenters. The molecule has 0 aromatic heterocycles. The van der Waals surface area contributed by atoms with E-state index in [1.165, 1.54) is 0 Å². The monoisotopic (exact) mass is 231 g/mol. The maximum Gasteiger partial charge on any atom is 0.0991 e. The van der Waals surface area contributed by atoms with Crippen LogP contribution in [0.2, 0.25) is 0 Å². The van der Waals surface area contributed by atoms with Crippen LogP contribution in [-0.4, -0.2) is 0 Å². The summed E-state index contributed by atoms with van der Waals surface area (Å²) in [5.41, 5.74) is 3.45. The number of nitrogens with zero attached hydrogens (tertiary/aromatic N) is 2. The van der Waals surface area contributed by atoms with Crippen molar-refractivity contribution in [3.05, 3.63) is 77.2 Å². The van der Waals surface area contributed by atoms with Gasteiger partial charge >= 0.3 is 0 Å². The smallest absolute Gasteiger partial charge is 0.0991 e. The standard InChI is InChI=1S/C16H11N2/c17-11-15-5-1-3-13(9-15)7-8-14-4-2-6-16(10-14)12-18/h1-7,9-10H,8H2. The SMILES string of the molecule is N#Cc1cccc([CH]Cc2cccc(C#N)c2)c1. The molecule has 2 heteroatoms. The molecule has 0 bridgehead atoms. The predicted molar refractivity (Wildman–Crippen MR) is 69.4 cm³/mol. The number of benzene rings is 2. The summed E-state index contributed by atoms with van der Waals surface area (Å²) in [7, 11) is 0. The van der Waals surface area contributed by atoms with Gasteiger partial charge in [0.25, 0.3) is 0 Å². The molecule has 0 atom stereocenters. The third-order valence-electron chi connectivity index (χ3n) is 2.65. The molecule has 0 aliphatic carbocycles. The van der Waals surface area contributed by atoms with E-state index in [2.05, 4.69) is 18.6 Å². The predicted octanol–water partition coefficient (Wildman–Crippen LogP) is 3.23. The van der Waals surface area contributed by atoms with E-state index in [1.807, 2.05) is 36.4 Å². The Morgan fingerprint density at radius 3 is 2.28 bits per heavy atom. The first kappa shape index (κ1) is 11.9. The maximum absolute atomic E-state index is 8.82. The zero-order valence-electron chi connectivity index (χ0n) is 9.80. The van der Waals surface area contributed by atoms with Gasteiger partial charge in [-0.2, -0.15) is 10.5 Å². The van der Waals surface area contributed by atoms with Crippen LogP contribution < -0.4 is 0 Å². The topological polar surface area (TPSA) is 47.6 Å². The van der Waals surface area contributed by atoms with E-state index in [1.54, 1.807) is 12.1 Å². The van der Waals surface area contributed by atoms with Crippen molar-refractivity contribution in [2.75, 3.05) is 0 Å². The van der Waals surface area contributed by atoms with E-state index in [0.717, 1.165) is 17.5 Å². The lowest BCUT2D eigenvalue weighted by atomic mass is 10.0. The summed E-state index contributed by atoms with van der Waals surface area (Å²) < 4.78 is 0. The molecule has 0 saturated carbocycles. The largest absolute Gasteiger partial charge is 0.192 e. The summed E-state index contributed by atoms with van der Waals surface area (Å²) in [6.45, 7) is 0. The van der Waals surface area contributed by atoms with E-state index < -0.39 is 0 Å². The van der Waals surface area contributed by atoms with Gasteiger partial charge < -0.3 is 0 Å². The average Bonchev–Trinajstić information content (AvgIpc) is 2.45. The van der Waals surface area contributed by atoms with Crippen molar-refractivity contribution in [3.63, 3.8) is 0 Å². The maximum atomic E-state index is 8.82.